The minimum absolute atomic E-state index is 0.822. The maximum Gasteiger partial charge on any atom is 0.0537 e. The normalized spacial score (nSPS) is 11.7. The molecule has 0 aliphatic heterocycles. The fraction of sp³-hybridized carbons (Fsp3) is 0.102. The largest absolute Gasteiger partial charge is 0.399 e. The molecule has 0 bridgehead atoms. The van der Waals surface area contributed by atoms with Gasteiger partial charge in [-0.1, -0.05) is 148 Å². The number of anilines is 3. The first-order chi connectivity index (χ1) is 26.6. The van der Waals surface area contributed by atoms with Crippen LogP contribution in [0.4, 0.5) is 17.1 Å². The molecule has 0 radical (unpaired) electrons. The van der Waals surface area contributed by atoms with Crippen LogP contribution in [-0.2, 0) is 6.42 Å². The average molecular weight is 710 g/mol. The van der Waals surface area contributed by atoms with E-state index >= 15 is 0 Å². The van der Waals surface area contributed by atoms with Gasteiger partial charge >= 0.3 is 0 Å². The lowest BCUT2D eigenvalue weighted by molar-refractivity contribution is 1.09. The van der Waals surface area contributed by atoms with Gasteiger partial charge in [0.05, 0.1) is 11.2 Å². The number of benzene rings is 6. The number of aromatic nitrogens is 1. The van der Waals surface area contributed by atoms with E-state index in [0.717, 1.165) is 35.6 Å². The first-order valence-corrected chi connectivity index (χ1v) is 18.5. The summed E-state index contributed by atoms with van der Waals surface area (Å²) >= 11 is 0. The Labute approximate surface area is 320 Å². The van der Waals surface area contributed by atoms with Crippen LogP contribution in [-0.4, -0.2) is 4.57 Å². The smallest absolute Gasteiger partial charge is 0.0537 e. The Morgan fingerprint density at radius 3 is 1.96 bits per heavy atom. The number of hydrogen-bond acceptors (Lipinski definition) is 4. The highest BCUT2D eigenvalue weighted by Gasteiger charge is 2.18. The highest BCUT2D eigenvalue weighted by molar-refractivity contribution is 6.02. The molecule has 272 valence electrons. The Bertz CT molecular complexity index is 2380. The van der Waals surface area contributed by atoms with E-state index in [1.807, 2.05) is 50.3 Å². The van der Waals surface area contributed by atoms with Crippen molar-refractivity contribution in [1.29, 1.82) is 0 Å². The van der Waals surface area contributed by atoms with E-state index < -0.39 is 0 Å². The second kappa shape index (κ2) is 19.4. The Balaban J connectivity index is 0.000000449. The topological polar surface area (TPSA) is 95.0 Å². The first-order valence-electron chi connectivity index (χ1n) is 18.5. The van der Waals surface area contributed by atoms with E-state index in [0.29, 0.717) is 0 Å². The van der Waals surface area contributed by atoms with E-state index in [9.17, 15) is 0 Å². The van der Waals surface area contributed by atoms with Crippen LogP contribution in [0.3, 0.4) is 0 Å². The van der Waals surface area contributed by atoms with Gasteiger partial charge in [0.15, 0.2) is 0 Å². The molecule has 0 unspecified atom stereocenters. The van der Waals surface area contributed by atoms with Gasteiger partial charge in [0.1, 0.15) is 0 Å². The standard InChI is InChI=1S/C41H34N2.C6H7N.C2H6.H4N2/c1-3-40-37(36-22-12-14-24-41(36)43(40)32-17-7-8-18-32)27-29(2)33-19-11-13-23-38(33)42-39-26-25-31(28-30-15-5-4-6-16-30)34-20-9-10-21-35(34)39;7-6-4-2-1-3-5-6;2*1-2/h3-17,19-27,42H,1,18,28H2,2H3;1-5H,7H2;1-2H3;1-2H2/b29-27+;;;. The number of para-hydroxylation sites is 3. The van der Waals surface area contributed by atoms with Crippen LogP contribution in [0.25, 0.3) is 45.1 Å². The maximum absolute atomic E-state index is 5.36. The molecule has 5 nitrogen and oxygen atoms in total. The SMILES string of the molecule is C=Cc1c(/C=C(\C)c2ccccc2Nc2ccc(Cc3ccccc3)c3ccccc23)c2ccccc2n1C1=CC=CC1.CC.NN.Nc1ccccc1. The molecule has 7 aromatic rings. The number of rotatable bonds is 8. The molecule has 1 aliphatic carbocycles. The van der Waals surface area contributed by atoms with Crippen molar-refractivity contribution in [3.63, 3.8) is 0 Å². The Morgan fingerprint density at radius 1 is 0.704 bits per heavy atom. The minimum atomic E-state index is 0.822. The third-order valence-corrected chi connectivity index (χ3v) is 9.22. The molecular formula is C49H51N5. The van der Waals surface area contributed by atoms with Crippen LogP contribution < -0.4 is 22.7 Å². The first kappa shape index (κ1) is 38.8. The van der Waals surface area contributed by atoms with E-state index in [4.69, 9.17) is 5.73 Å². The van der Waals surface area contributed by atoms with Gasteiger partial charge in [-0.3, -0.25) is 11.7 Å². The number of nitrogens with two attached hydrogens (primary N) is 3. The molecule has 0 saturated carbocycles. The summed E-state index contributed by atoms with van der Waals surface area (Å²) < 4.78 is 2.36. The maximum atomic E-state index is 5.36. The molecule has 5 heteroatoms. The third kappa shape index (κ3) is 8.96. The quantitative estimate of drug-likeness (QED) is 0.0717. The average Bonchev–Trinajstić information content (AvgIpc) is 3.88. The number of nitrogens with zero attached hydrogens (tertiary/aromatic N) is 1. The number of hydrazine groups is 1. The zero-order chi connectivity index (χ0) is 38.3. The summed E-state index contributed by atoms with van der Waals surface area (Å²) in [7, 11) is 0. The van der Waals surface area contributed by atoms with Gasteiger partial charge in [-0.15, -0.1) is 0 Å². The van der Waals surface area contributed by atoms with E-state index in [1.165, 1.54) is 55.2 Å². The lowest BCUT2D eigenvalue weighted by atomic mass is 9.96. The van der Waals surface area contributed by atoms with Gasteiger partial charge in [0.25, 0.3) is 0 Å². The number of nitrogen functional groups attached to an aromatic ring is 1. The molecule has 7 N–H and O–H groups in total. The van der Waals surface area contributed by atoms with Gasteiger partial charge < -0.3 is 15.6 Å². The molecule has 1 heterocycles. The summed E-state index contributed by atoms with van der Waals surface area (Å²) in [5.41, 5.74) is 18.2. The fourth-order valence-electron chi connectivity index (χ4n) is 6.82. The molecule has 54 heavy (non-hydrogen) atoms. The van der Waals surface area contributed by atoms with Crippen molar-refractivity contribution in [2.75, 3.05) is 11.1 Å². The van der Waals surface area contributed by atoms with E-state index in [2.05, 4.69) is 175 Å². The van der Waals surface area contributed by atoms with Gasteiger partial charge in [-0.05, 0) is 84.0 Å². The summed E-state index contributed by atoms with van der Waals surface area (Å²) in [6, 6.07) is 50.6. The van der Waals surface area contributed by atoms with Crippen LogP contribution in [0.2, 0.25) is 0 Å². The summed E-state index contributed by atoms with van der Waals surface area (Å²) in [5, 5.41) is 7.54. The van der Waals surface area contributed by atoms with Crippen molar-refractivity contribution >= 4 is 62.2 Å². The number of hydrogen-bond donors (Lipinski definition) is 4. The number of allylic oxidation sites excluding steroid dienone is 5. The summed E-state index contributed by atoms with van der Waals surface area (Å²) in [6.07, 6.45) is 12.7. The van der Waals surface area contributed by atoms with Crippen LogP contribution in [0.5, 0.6) is 0 Å². The molecule has 1 aliphatic rings. The van der Waals surface area contributed by atoms with Crippen molar-refractivity contribution < 1.29 is 0 Å². The third-order valence-electron chi connectivity index (χ3n) is 9.22. The molecule has 0 spiro atoms. The van der Waals surface area contributed by atoms with E-state index in [1.54, 1.807) is 0 Å². The monoisotopic (exact) mass is 709 g/mol. The van der Waals surface area contributed by atoms with E-state index in [-0.39, 0.29) is 0 Å². The Kier molecular flexibility index (Phi) is 14.0. The Morgan fingerprint density at radius 2 is 1.31 bits per heavy atom. The van der Waals surface area contributed by atoms with Crippen molar-refractivity contribution in [2.45, 2.75) is 33.6 Å². The zero-order valence-corrected chi connectivity index (χ0v) is 31.5. The minimum Gasteiger partial charge on any atom is -0.399 e. The number of fused-ring (bicyclic) bond motifs is 2. The van der Waals surface area contributed by atoms with Gasteiger partial charge in [-0.25, -0.2) is 0 Å². The predicted octanol–water partition coefficient (Wildman–Crippen LogP) is 12.2. The van der Waals surface area contributed by atoms with Crippen molar-refractivity contribution in [1.82, 2.24) is 4.57 Å². The van der Waals surface area contributed by atoms with Crippen molar-refractivity contribution in [2.24, 2.45) is 11.7 Å². The summed E-state index contributed by atoms with van der Waals surface area (Å²) in [5.74, 6) is 8.00. The predicted molar refractivity (Wildman–Crippen MR) is 237 cm³/mol. The van der Waals surface area contributed by atoms with Crippen molar-refractivity contribution in [3.05, 3.63) is 198 Å². The molecule has 0 amide bonds. The molecule has 1 aromatic heterocycles. The van der Waals surface area contributed by atoms with Crippen molar-refractivity contribution in [3.8, 4) is 0 Å². The second-order valence-corrected chi connectivity index (χ2v) is 12.5. The van der Waals surface area contributed by atoms with Crippen LogP contribution >= 0.6 is 0 Å². The molecular weight excluding hydrogens is 659 g/mol. The van der Waals surface area contributed by atoms with Gasteiger partial charge in [0, 0.05) is 51.1 Å². The second-order valence-electron chi connectivity index (χ2n) is 12.5. The molecule has 0 saturated heterocycles. The Hall–Kier alpha value is -6.40. The summed E-state index contributed by atoms with van der Waals surface area (Å²) in [4.78, 5) is 0. The van der Waals surface area contributed by atoms with Gasteiger partial charge in [-0.2, -0.15) is 0 Å². The highest BCUT2D eigenvalue weighted by Crippen LogP contribution is 2.37. The van der Waals surface area contributed by atoms with Gasteiger partial charge in [0.2, 0.25) is 0 Å². The van der Waals surface area contributed by atoms with Crippen LogP contribution in [0.1, 0.15) is 55.1 Å². The highest BCUT2D eigenvalue weighted by atomic mass is 15.0. The molecule has 6 aromatic carbocycles. The van der Waals surface area contributed by atoms with Crippen LogP contribution in [0, 0.1) is 0 Å². The summed E-state index contributed by atoms with van der Waals surface area (Å²) in [6.45, 7) is 10.4. The molecule has 8 rings (SSSR count). The lowest BCUT2D eigenvalue weighted by Gasteiger charge is -2.16. The van der Waals surface area contributed by atoms with Crippen LogP contribution in [0.15, 0.2) is 170 Å². The fourth-order valence-corrected chi connectivity index (χ4v) is 6.82. The number of nitrogens with one attached hydrogen (secondary N) is 1. The zero-order valence-electron chi connectivity index (χ0n) is 31.5. The molecule has 0 fully saturated rings. The molecule has 0 atom stereocenters. The lowest BCUT2D eigenvalue weighted by Crippen LogP contribution is -2.02.